The third-order valence-electron chi connectivity index (χ3n) is 6.09. The second-order valence-corrected chi connectivity index (χ2v) is 7.94. The van der Waals surface area contributed by atoms with Crippen LogP contribution in [0.4, 0.5) is 0 Å². The Kier molecular flexibility index (Phi) is 5.84. The molecule has 0 spiro atoms. The molecule has 152 valence electrons. The lowest BCUT2D eigenvalue weighted by atomic mass is 10.0. The molecule has 5 heteroatoms. The molecule has 0 bridgehead atoms. The summed E-state index contributed by atoms with van der Waals surface area (Å²) >= 11 is 0. The first kappa shape index (κ1) is 19.5. The number of rotatable bonds is 6. The van der Waals surface area contributed by atoms with Gasteiger partial charge in [-0.1, -0.05) is 42.5 Å². The van der Waals surface area contributed by atoms with Crippen LogP contribution >= 0.6 is 0 Å². The number of amides is 2. The normalized spacial score (nSPS) is 21.6. The second-order valence-electron chi connectivity index (χ2n) is 7.94. The first-order chi connectivity index (χ1) is 14.2. The van der Waals surface area contributed by atoms with E-state index in [1.54, 1.807) is 7.11 Å². The SMILES string of the molecule is COc1cccc(C2CCCN2C(=O)C2CC(=O)N(CCc3ccccc3)C2)c1. The minimum absolute atomic E-state index is 0.0751. The van der Waals surface area contributed by atoms with E-state index in [-0.39, 0.29) is 23.8 Å². The summed E-state index contributed by atoms with van der Waals surface area (Å²) in [7, 11) is 1.66. The van der Waals surface area contributed by atoms with Gasteiger partial charge in [-0.15, -0.1) is 0 Å². The van der Waals surface area contributed by atoms with Crippen molar-refractivity contribution in [3.05, 3.63) is 65.7 Å². The standard InChI is InChI=1S/C24H28N2O3/c1-29-21-10-5-9-19(15-21)22-11-6-13-26(22)24(28)20-16-23(27)25(17-20)14-12-18-7-3-2-4-8-18/h2-5,7-10,15,20,22H,6,11-14,16-17H2,1H3. The highest BCUT2D eigenvalue weighted by molar-refractivity contribution is 5.89. The van der Waals surface area contributed by atoms with Crippen LogP contribution in [0.3, 0.4) is 0 Å². The van der Waals surface area contributed by atoms with Crippen LogP contribution < -0.4 is 4.74 Å². The third kappa shape index (κ3) is 4.29. The maximum absolute atomic E-state index is 13.3. The van der Waals surface area contributed by atoms with Crippen LogP contribution in [0.15, 0.2) is 54.6 Å². The predicted molar refractivity (Wildman–Crippen MR) is 112 cm³/mol. The van der Waals surface area contributed by atoms with Gasteiger partial charge < -0.3 is 14.5 Å². The number of ether oxygens (including phenoxy) is 1. The molecule has 2 atom stereocenters. The van der Waals surface area contributed by atoms with Gasteiger partial charge in [0.2, 0.25) is 11.8 Å². The van der Waals surface area contributed by atoms with Crippen LogP contribution in [0.25, 0.3) is 0 Å². The van der Waals surface area contributed by atoms with Crippen molar-refractivity contribution in [1.29, 1.82) is 0 Å². The zero-order valence-electron chi connectivity index (χ0n) is 16.9. The van der Waals surface area contributed by atoms with E-state index in [1.165, 1.54) is 5.56 Å². The van der Waals surface area contributed by atoms with Crippen molar-refractivity contribution in [2.45, 2.75) is 31.7 Å². The van der Waals surface area contributed by atoms with Gasteiger partial charge in [0, 0.05) is 26.1 Å². The van der Waals surface area contributed by atoms with Gasteiger partial charge in [0.25, 0.3) is 0 Å². The molecular weight excluding hydrogens is 364 g/mol. The van der Waals surface area contributed by atoms with Crippen LogP contribution in [0.5, 0.6) is 5.75 Å². The first-order valence-corrected chi connectivity index (χ1v) is 10.4. The molecule has 2 aromatic carbocycles. The van der Waals surface area contributed by atoms with Gasteiger partial charge in [-0.25, -0.2) is 0 Å². The molecule has 2 aliphatic rings. The van der Waals surface area contributed by atoms with Crippen LogP contribution in [-0.4, -0.2) is 48.4 Å². The lowest BCUT2D eigenvalue weighted by Gasteiger charge is -2.28. The Hall–Kier alpha value is -2.82. The van der Waals surface area contributed by atoms with E-state index < -0.39 is 0 Å². The lowest BCUT2D eigenvalue weighted by molar-refractivity contribution is -0.136. The Balaban J connectivity index is 1.40. The van der Waals surface area contributed by atoms with E-state index in [1.807, 2.05) is 46.2 Å². The van der Waals surface area contributed by atoms with E-state index in [4.69, 9.17) is 4.74 Å². The van der Waals surface area contributed by atoms with E-state index in [9.17, 15) is 9.59 Å². The predicted octanol–water partition coefficient (Wildman–Crippen LogP) is 3.45. The van der Waals surface area contributed by atoms with E-state index in [0.717, 1.165) is 37.1 Å². The Morgan fingerprint density at radius 1 is 1.14 bits per heavy atom. The molecule has 29 heavy (non-hydrogen) atoms. The summed E-state index contributed by atoms with van der Waals surface area (Å²) < 4.78 is 5.35. The van der Waals surface area contributed by atoms with E-state index >= 15 is 0 Å². The van der Waals surface area contributed by atoms with Gasteiger partial charge in [0.15, 0.2) is 0 Å². The van der Waals surface area contributed by atoms with E-state index in [2.05, 4.69) is 18.2 Å². The Labute approximate surface area is 172 Å². The van der Waals surface area contributed by atoms with Gasteiger partial charge in [0.1, 0.15) is 5.75 Å². The molecule has 2 aliphatic heterocycles. The number of likely N-dealkylation sites (tertiary alicyclic amines) is 2. The van der Waals surface area contributed by atoms with Crippen molar-refractivity contribution in [3.63, 3.8) is 0 Å². The van der Waals surface area contributed by atoms with Crippen molar-refractivity contribution in [2.75, 3.05) is 26.7 Å². The van der Waals surface area contributed by atoms with Gasteiger partial charge >= 0.3 is 0 Å². The number of hydrogen-bond acceptors (Lipinski definition) is 3. The van der Waals surface area contributed by atoms with Crippen LogP contribution in [-0.2, 0) is 16.0 Å². The molecule has 5 nitrogen and oxygen atoms in total. The van der Waals surface area contributed by atoms with Gasteiger partial charge in [0.05, 0.1) is 19.1 Å². The summed E-state index contributed by atoms with van der Waals surface area (Å²) in [6.45, 7) is 1.97. The summed E-state index contributed by atoms with van der Waals surface area (Å²) in [5.41, 5.74) is 2.33. The summed E-state index contributed by atoms with van der Waals surface area (Å²) in [4.78, 5) is 29.6. The van der Waals surface area contributed by atoms with Crippen LogP contribution in [0.2, 0.25) is 0 Å². The van der Waals surface area contributed by atoms with Crippen LogP contribution in [0.1, 0.15) is 36.4 Å². The highest BCUT2D eigenvalue weighted by Gasteiger charge is 2.40. The highest BCUT2D eigenvalue weighted by atomic mass is 16.5. The smallest absolute Gasteiger partial charge is 0.228 e. The molecule has 2 unspecified atom stereocenters. The molecule has 4 rings (SSSR count). The molecule has 0 aromatic heterocycles. The summed E-state index contributed by atoms with van der Waals surface area (Å²) in [6, 6.07) is 18.2. The molecule has 0 aliphatic carbocycles. The lowest BCUT2D eigenvalue weighted by Crippen LogP contribution is -2.37. The number of benzene rings is 2. The maximum atomic E-state index is 13.3. The van der Waals surface area contributed by atoms with Gasteiger partial charge in [-0.05, 0) is 42.5 Å². The average molecular weight is 392 g/mol. The highest BCUT2D eigenvalue weighted by Crippen LogP contribution is 2.35. The fourth-order valence-corrected chi connectivity index (χ4v) is 4.52. The number of hydrogen-bond donors (Lipinski definition) is 0. The molecule has 2 amide bonds. The summed E-state index contributed by atoms with van der Waals surface area (Å²) in [6.07, 6.45) is 3.10. The van der Waals surface area contributed by atoms with Gasteiger partial charge in [-0.3, -0.25) is 9.59 Å². The van der Waals surface area contributed by atoms with Crippen molar-refractivity contribution < 1.29 is 14.3 Å². The fourth-order valence-electron chi connectivity index (χ4n) is 4.52. The maximum Gasteiger partial charge on any atom is 0.228 e. The van der Waals surface area contributed by atoms with Crippen molar-refractivity contribution >= 4 is 11.8 Å². The first-order valence-electron chi connectivity index (χ1n) is 10.4. The topological polar surface area (TPSA) is 49.9 Å². The van der Waals surface area contributed by atoms with Crippen molar-refractivity contribution in [3.8, 4) is 5.75 Å². The van der Waals surface area contributed by atoms with Crippen LogP contribution in [0, 0.1) is 5.92 Å². The zero-order chi connectivity index (χ0) is 20.2. The Morgan fingerprint density at radius 2 is 1.97 bits per heavy atom. The molecule has 2 saturated heterocycles. The molecule has 0 radical (unpaired) electrons. The molecule has 0 saturated carbocycles. The van der Waals surface area contributed by atoms with Crippen molar-refractivity contribution in [1.82, 2.24) is 9.80 Å². The number of carbonyl (C=O) groups excluding carboxylic acids is 2. The molecule has 2 aromatic rings. The molecule has 2 fully saturated rings. The minimum atomic E-state index is -0.232. The monoisotopic (exact) mass is 392 g/mol. The number of nitrogens with zero attached hydrogens (tertiary/aromatic N) is 2. The number of methoxy groups -OCH3 is 1. The largest absolute Gasteiger partial charge is 0.497 e. The minimum Gasteiger partial charge on any atom is -0.497 e. The number of carbonyl (C=O) groups is 2. The zero-order valence-corrected chi connectivity index (χ0v) is 16.9. The van der Waals surface area contributed by atoms with E-state index in [0.29, 0.717) is 19.5 Å². The second kappa shape index (κ2) is 8.68. The average Bonchev–Trinajstić information content (AvgIpc) is 3.39. The van der Waals surface area contributed by atoms with Gasteiger partial charge in [-0.2, -0.15) is 0 Å². The Morgan fingerprint density at radius 3 is 2.76 bits per heavy atom. The third-order valence-corrected chi connectivity index (χ3v) is 6.09. The summed E-state index contributed by atoms with van der Waals surface area (Å²) in [5.74, 6) is 0.789. The molecular formula is C24H28N2O3. The fraction of sp³-hybridized carbons (Fsp3) is 0.417. The summed E-state index contributed by atoms with van der Waals surface area (Å²) in [5, 5.41) is 0. The quantitative estimate of drug-likeness (QED) is 0.757. The molecule has 0 N–H and O–H groups in total. The molecule has 2 heterocycles. The Bertz CT molecular complexity index is 867. The van der Waals surface area contributed by atoms with Crippen molar-refractivity contribution in [2.24, 2.45) is 5.92 Å².